The van der Waals surface area contributed by atoms with E-state index in [9.17, 15) is 28.4 Å². The molecule has 0 aliphatic rings. The summed E-state index contributed by atoms with van der Waals surface area (Å²) in [7, 11) is -16.0. The second-order valence-electron chi connectivity index (χ2n) is 1.71. The van der Waals surface area contributed by atoms with E-state index in [0.717, 1.165) is 0 Å². The third kappa shape index (κ3) is 6.80. The lowest BCUT2D eigenvalue weighted by atomic mass is 11.8. The van der Waals surface area contributed by atoms with Crippen molar-refractivity contribution in [2.24, 2.45) is 0 Å². The summed E-state index contributed by atoms with van der Waals surface area (Å²) in [5.74, 6) is 0. The largest absolute Gasteiger partial charge is 0.756 e. The van der Waals surface area contributed by atoms with E-state index in [1.54, 1.807) is 0 Å². The predicted octanol–water partition coefficient (Wildman–Crippen LogP) is -1.94. The van der Waals surface area contributed by atoms with Crippen molar-refractivity contribution in [1.29, 1.82) is 0 Å². The van der Waals surface area contributed by atoms with Crippen LogP contribution in [0.4, 0.5) is 0 Å². The molecule has 0 fully saturated rings. The monoisotopic (exact) mass is 269 g/mol. The van der Waals surface area contributed by atoms with E-state index in [2.05, 4.69) is 13.1 Å². The average Bonchev–Trinajstić information content (AvgIpc) is 1.78. The van der Waals surface area contributed by atoms with Crippen LogP contribution in [0.5, 0.6) is 0 Å². The SMILES string of the molecule is COP(=O)([O-])OP(=O)([O-])OP(=O)([O-])O. The van der Waals surface area contributed by atoms with E-state index in [-0.39, 0.29) is 0 Å². The Morgan fingerprint density at radius 2 is 1.43 bits per heavy atom. The van der Waals surface area contributed by atoms with Crippen LogP contribution in [0.25, 0.3) is 0 Å². The molecule has 10 nitrogen and oxygen atoms in total. The first-order valence-corrected chi connectivity index (χ1v) is 7.03. The lowest BCUT2D eigenvalue weighted by molar-refractivity contribution is -0.248. The first-order chi connectivity index (χ1) is 5.97. The molecule has 0 aromatic carbocycles. The molecule has 0 aliphatic carbocycles. The molecule has 1 N–H and O–H groups in total. The maximum absolute atomic E-state index is 10.4. The van der Waals surface area contributed by atoms with Gasteiger partial charge in [0.05, 0.1) is 0 Å². The van der Waals surface area contributed by atoms with Crippen LogP contribution in [0.3, 0.4) is 0 Å². The molecule has 0 aromatic heterocycles. The summed E-state index contributed by atoms with van der Waals surface area (Å²) in [5, 5.41) is 0. The topological polar surface area (TPSA) is 168 Å². The minimum absolute atomic E-state index is 0.573. The number of phosphoric ester groups is 1. The first kappa shape index (κ1) is 14.4. The van der Waals surface area contributed by atoms with Crippen LogP contribution < -0.4 is 14.7 Å². The maximum atomic E-state index is 10.4. The molecule has 0 aromatic rings. The molecule has 0 radical (unpaired) electrons. The highest BCUT2D eigenvalue weighted by atomic mass is 31.3. The van der Waals surface area contributed by atoms with Gasteiger partial charge in [-0.15, -0.1) is 0 Å². The van der Waals surface area contributed by atoms with Crippen LogP contribution in [0, 0.1) is 0 Å². The van der Waals surface area contributed by atoms with Crippen molar-refractivity contribution < 1.29 is 46.4 Å². The lowest BCUT2D eigenvalue weighted by Crippen LogP contribution is -2.14. The van der Waals surface area contributed by atoms with Gasteiger partial charge in [-0.25, -0.2) is 8.62 Å². The molecule has 0 amide bonds. The van der Waals surface area contributed by atoms with Gasteiger partial charge in [0.1, 0.15) is 0 Å². The van der Waals surface area contributed by atoms with Crippen molar-refractivity contribution in [3.63, 3.8) is 0 Å². The van der Waals surface area contributed by atoms with E-state index in [1.807, 2.05) is 0 Å². The second kappa shape index (κ2) is 4.51. The molecule has 0 heterocycles. The van der Waals surface area contributed by atoms with Gasteiger partial charge in [0.2, 0.25) is 0 Å². The Morgan fingerprint density at radius 1 is 1.00 bits per heavy atom. The van der Waals surface area contributed by atoms with Gasteiger partial charge in [-0.05, 0) is 0 Å². The Kier molecular flexibility index (Phi) is 4.64. The van der Waals surface area contributed by atoms with E-state index in [0.29, 0.717) is 7.11 Å². The van der Waals surface area contributed by atoms with Gasteiger partial charge in [-0.3, -0.25) is 13.7 Å². The smallest absolute Gasteiger partial charge is 0.280 e. The molecule has 0 bridgehead atoms. The van der Waals surface area contributed by atoms with Gasteiger partial charge < -0.3 is 24.1 Å². The zero-order valence-electron chi connectivity index (χ0n) is 6.46. The van der Waals surface area contributed by atoms with Gasteiger partial charge in [-0.2, -0.15) is 0 Å². The van der Waals surface area contributed by atoms with Gasteiger partial charge in [-0.1, -0.05) is 0 Å². The molecule has 14 heavy (non-hydrogen) atoms. The third-order valence-corrected chi connectivity index (χ3v) is 4.30. The molecule has 0 spiro atoms. The normalized spacial score (nSPS) is 24.6. The zero-order valence-corrected chi connectivity index (χ0v) is 9.15. The van der Waals surface area contributed by atoms with Crippen molar-refractivity contribution in [2.75, 3.05) is 7.11 Å². The molecule has 0 saturated heterocycles. The summed E-state index contributed by atoms with van der Waals surface area (Å²) < 4.78 is 40.3. The van der Waals surface area contributed by atoms with Crippen LogP contribution in [0.2, 0.25) is 0 Å². The van der Waals surface area contributed by atoms with Crippen LogP contribution in [-0.4, -0.2) is 12.0 Å². The first-order valence-electron chi connectivity index (χ1n) is 2.62. The quantitative estimate of drug-likeness (QED) is 0.554. The van der Waals surface area contributed by atoms with Gasteiger partial charge >= 0.3 is 0 Å². The summed E-state index contributed by atoms with van der Waals surface area (Å²) in [6.45, 7) is 0. The van der Waals surface area contributed by atoms with Crippen molar-refractivity contribution in [3.8, 4) is 0 Å². The molecule has 3 atom stereocenters. The predicted molar refractivity (Wildman–Crippen MR) is 34.2 cm³/mol. The van der Waals surface area contributed by atoms with Crippen molar-refractivity contribution in [2.45, 2.75) is 0 Å². The van der Waals surface area contributed by atoms with E-state index >= 15 is 0 Å². The van der Waals surface area contributed by atoms with Crippen molar-refractivity contribution >= 4 is 23.5 Å². The van der Waals surface area contributed by atoms with Crippen LogP contribution in [-0.2, 0) is 26.8 Å². The Bertz CT molecular complexity index is 324. The fourth-order valence-corrected chi connectivity index (χ4v) is 2.94. The minimum Gasteiger partial charge on any atom is -0.756 e. The van der Waals surface area contributed by atoms with Crippen LogP contribution in [0.15, 0.2) is 0 Å². The molecule has 86 valence electrons. The average molecular weight is 269 g/mol. The highest BCUT2D eigenvalue weighted by Gasteiger charge is 2.22. The number of rotatable bonds is 5. The van der Waals surface area contributed by atoms with Gasteiger partial charge in [0.15, 0.2) is 0 Å². The minimum atomic E-state index is -5.73. The summed E-state index contributed by atoms with van der Waals surface area (Å²) in [4.78, 5) is 38.6. The Morgan fingerprint density at radius 3 is 1.71 bits per heavy atom. The second-order valence-corrected chi connectivity index (χ2v) is 6.11. The standard InChI is InChI=1S/CH7O10P3/c1-9-13(5,6)11-14(7,8)10-12(2,3)4/h1H3,(H,5,6)(H,7,8)(H2,2,3,4)/p-3. The summed E-state index contributed by atoms with van der Waals surface area (Å²) >= 11 is 0. The van der Waals surface area contributed by atoms with E-state index in [4.69, 9.17) is 4.89 Å². The fourth-order valence-electron chi connectivity index (χ4n) is 0.297. The van der Waals surface area contributed by atoms with E-state index < -0.39 is 23.5 Å². The van der Waals surface area contributed by atoms with Gasteiger partial charge in [0.25, 0.3) is 23.5 Å². The third-order valence-electron chi connectivity index (χ3n) is 0.627. The molecule has 0 saturated carbocycles. The summed E-state index contributed by atoms with van der Waals surface area (Å²) in [6.07, 6.45) is 0. The molecular formula is CH4O10P3-3. The Balaban J connectivity index is 4.60. The highest BCUT2D eigenvalue weighted by Crippen LogP contribution is 2.61. The summed E-state index contributed by atoms with van der Waals surface area (Å²) in [6, 6.07) is 0. The lowest BCUT2D eigenvalue weighted by Gasteiger charge is -2.31. The van der Waals surface area contributed by atoms with E-state index in [1.165, 1.54) is 0 Å². The highest BCUT2D eigenvalue weighted by molar-refractivity contribution is 7.65. The molecule has 0 rings (SSSR count). The van der Waals surface area contributed by atoms with Crippen molar-refractivity contribution in [1.82, 2.24) is 0 Å². The van der Waals surface area contributed by atoms with Crippen LogP contribution in [0.1, 0.15) is 0 Å². The molecular weight excluding hydrogens is 265 g/mol. The van der Waals surface area contributed by atoms with Crippen LogP contribution >= 0.6 is 23.5 Å². The number of hydrogen-bond acceptors (Lipinski definition) is 9. The maximum Gasteiger partial charge on any atom is 0.280 e. The Hall–Kier alpha value is 0.410. The number of phosphoric acid groups is 3. The molecule has 3 unspecified atom stereocenters. The zero-order chi connectivity index (χ0) is 11.6. The Labute approximate surface area is 77.9 Å². The van der Waals surface area contributed by atoms with Gasteiger partial charge in [0, 0.05) is 7.11 Å². The molecule has 13 heteroatoms. The molecule has 0 aliphatic heterocycles. The fraction of sp³-hybridized carbons (Fsp3) is 1.00. The summed E-state index contributed by atoms with van der Waals surface area (Å²) in [5.41, 5.74) is 0. The van der Waals surface area contributed by atoms with Crippen molar-refractivity contribution in [3.05, 3.63) is 0 Å². The number of hydrogen-bond donors (Lipinski definition) is 1.